The molecule has 2 saturated heterocycles. The number of nitrogens with zero attached hydrogens (tertiary/aromatic N) is 1. The van der Waals surface area contributed by atoms with E-state index < -0.39 is 0 Å². The highest BCUT2D eigenvalue weighted by atomic mass is 16.6. The highest BCUT2D eigenvalue weighted by Crippen LogP contribution is 2.25. The Morgan fingerprint density at radius 2 is 1.75 bits per heavy atom. The van der Waals surface area contributed by atoms with E-state index in [2.05, 4.69) is 26.1 Å². The normalized spacial score (nSPS) is 22.6. The molecule has 0 unspecified atom stereocenters. The lowest BCUT2D eigenvalue weighted by molar-refractivity contribution is -0.0288. The Hall–Kier alpha value is -0.810. The third kappa shape index (κ3) is 4.09. The number of ether oxygens (including phenoxy) is 2. The van der Waals surface area contributed by atoms with Gasteiger partial charge in [-0.3, -0.25) is 0 Å². The van der Waals surface area contributed by atoms with Crippen molar-refractivity contribution in [3.63, 3.8) is 0 Å². The van der Waals surface area contributed by atoms with E-state index in [4.69, 9.17) is 9.47 Å². The minimum absolute atomic E-state index is 0.0165. The lowest BCUT2D eigenvalue weighted by Crippen LogP contribution is -2.55. The highest BCUT2D eigenvalue weighted by molar-refractivity contribution is 5.69. The third-order valence-corrected chi connectivity index (χ3v) is 4.03. The van der Waals surface area contributed by atoms with Gasteiger partial charge in [0.2, 0.25) is 0 Å². The van der Waals surface area contributed by atoms with Crippen molar-refractivity contribution in [3.05, 3.63) is 0 Å². The first-order chi connectivity index (χ1) is 9.48. The summed E-state index contributed by atoms with van der Waals surface area (Å²) in [7, 11) is 0. The van der Waals surface area contributed by atoms with Crippen LogP contribution in [0.2, 0.25) is 0 Å². The van der Waals surface area contributed by atoms with Crippen LogP contribution in [0.4, 0.5) is 4.79 Å². The third-order valence-electron chi connectivity index (χ3n) is 4.03. The van der Waals surface area contributed by atoms with Crippen molar-refractivity contribution < 1.29 is 14.3 Å². The summed E-state index contributed by atoms with van der Waals surface area (Å²) in [5.74, 6) is 0. The summed E-state index contributed by atoms with van der Waals surface area (Å²) in [5.41, 5.74) is -0.204. The number of carbonyl (C=O) groups excluding carboxylic acids is 1. The van der Waals surface area contributed by atoms with Crippen molar-refractivity contribution in [2.75, 3.05) is 26.3 Å². The predicted octanol–water partition coefficient (Wildman–Crippen LogP) is 2.15. The largest absolute Gasteiger partial charge is 0.446 e. The van der Waals surface area contributed by atoms with E-state index in [1.54, 1.807) is 0 Å². The van der Waals surface area contributed by atoms with Gasteiger partial charge in [0.15, 0.2) is 0 Å². The topological polar surface area (TPSA) is 50.8 Å². The van der Waals surface area contributed by atoms with Crippen molar-refractivity contribution in [1.82, 2.24) is 10.2 Å². The lowest BCUT2D eigenvalue weighted by atomic mass is 9.98. The van der Waals surface area contributed by atoms with Gasteiger partial charge in [0, 0.05) is 24.4 Å². The Morgan fingerprint density at radius 1 is 1.15 bits per heavy atom. The van der Waals surface area contributed by atoms with Crippen LogP contribution in [0.25, 0.3) is 0 Å². The Labute approximate surface area is 122 Å². The van der Waals surface area contributed by atoms with Crippen LogP contribution in [0.1, 0.15) is 46.5 Å². The average Bonchev–Trinajstić information content (AvgIpc) is 2.39. The fraction of sp³-hybridized carbons (Fsp3) is 0.933. The minimum Gasteiger partial charge on any atom is -0.446 e. The molecular weight excluding hydrogens is 256 g/mol. The van der Waals surface area contributed by atoms with Gasteiger partial charge in [0.1, 0.15) is 6.10 Å². The van der Waals surface area contributed by atoms with Crippen molar-refractivity contribution in [2.45, 2.75) is 64.1 Å². The van der Waals surface area contributed by atoms with Crippen molar-refractivity contribution >= 4 is 6.09 Å². The maximum atomic E-state index is 12.6. The molecule has 5 heteroatoms. The molecule has 2 aliphatic heterocycles. The zero-order chi connectivity index (χ0) is 14.6. The van der Waals surface area contributed by atoms with Gasteiger partial charge in [-0.25, -0.2) is 4.79 Å². The number of rotatable bonds is 2. The van der Waals surface area contributed by atoms with Crippen LogP contribution in [0.15, 0.2) is 0 Å². The van der Waals surface area contributed by atoms with Crippen LogP contribution < -0.4 is 5.32 Å². The van der Waals surface area contributed by atoms with E-state index in [0.29, 0.717) is 13.2 Å². The molecule has 2 rings (SSSR count). The second kappa shape index (κ2) is 6.76. The number of hydrogen-bond acceptors (Lipinski definition) is 4. The standard InChI is InChI=1S/C15H28N2O3/c1-15(2,3)17(12-4-8-16-9-5-12)14(18)20-13-6-10-19-11-7-13/h12-13,16H,4-11H2,1-3H3. The molecule has 0 atom stereocenters. The van der Waals surface area contributed by atoms with E-state index in [-0.39, 0.29) is 23.8 Å². The Kier molecular flexibility index (Phi) is 5.27. The summed E-state index contributed by atoms with van der Waals surface area (Å²) in [4.78, 5) is 14.5. The molecule has 0 aromatic heterocycles. The number of hydrogen-bond donors (Lipinski definition) is 1. The molecule has 20 heavy (non-hydrogen) atoms. The first-order valence-electron chi connectivity index (χ1n) is 7.77. The highest BCUT2D eigenvalue weighted by Gasteiger charge is 2.36. The summed E-state index contributed by atoms with van der Waals surface area (Å²) in [6.45, 7) is 9.59. The predicted molar refractivity (Wildman–Crippen MR) is 77.8 cm³/mol. The fourth-order valence-electron chi connectivity index (χ4n) is 3.03. The van der Waals surface area contributed by atoms with Crippen LogP contribution in [0.5, 0.6) is 0 Å². The Bertz CT molecular complexity index is 316. The molecule has 2 aliphatic rings. The molecule has 0 aromatic carbocycles. The first kappa shape index (κ1) is 15.6. The van der Waals surface area contributed by atoms with Gasteiger partial charge >= 0.3 is 6.09 Å². The van der Waals surface area contributed by atoms with Crippen LogP contribution in [0.3, 0.4) is 0 Å². The molecule has 0 aliphatic carbocycles. The maximum absolute atomic E-state index is 12.6. The number of carbonyl (C=O) groups is 1. The maximum Gasteiger partial charge on any atom is 0.410 e. The smallest absolute Gasteiger partial charge is 0.410 e. The van der Waals surface area contributed by atoms with Gasteiger partial charge in [-0.05, 0) is 46.7 Å². The monoisotopic (exact) mass is 284 g/mol. The van der Waals surface area contributed by atoms with Crippen molar-refractivity contribution in [1.29, 1.82) is 0 Å². The summed E-state index contributed by atoms with van der Waals surface area (Å²) in [6, 6.07) is 0.281. The quantitative estimate of drug-likeness (QED) is 0.844. The van der Waals surface area contributed by atoms with Crippen LogP contribution >= 0.6 is 0 Å². The SMILES string of the molecule is CC(C)(C)N(C(=O)OC1CCOCC1)C1CCNCC1. The van der Waals surface area contributed by atoms with Crippen molar-refractivity contribution in [3.8, 4) is 0 Å². The molecule has 0 bridgehead atoms. The molecule has 2 heterocycles. The fourth-order valence-corrected chi connectivity index (χ4v) is 3.03. The van der Waals surface area contributed by atoms with Gasteiger partial charge in [-0.15, -0.1) is 0 Å². The van der Waals surface area contributed by atoms with E-state index in [9.17, 15) is 4.79 Å². The van der Waals surface area contributed by atoms with Crippen LogP contribution in [-0.2, 0) is 9.47 Å². The molecule has 5 nitrogen and oxygen atoms in total. The molecule has 1 amide bonds. The average molecular weight is 284 g/mol. The summed E-state index contributed by atoms with van der Waals surface area (Å²) in [6.07, 6.45) is 3.49. The number of nitrogens with one attached hydrogen (secondary N) is 1. The van der Waals surface area contributed by atoms with Gasteiger partial charge in [-0.1, -0.05) is 0 Å². The minimum atomic E-state index is -0.204. The van der Waals surface area contributed by atoms with Gasteiger partial charge < -0.3 is 19.7 Å². The molecular formula is C15H28N2O3. The molecule has 116 valence electrons. The van der Waals surface area contributed by atoms with Gasteiger partial charge in [0.05, 0.1) is 13.2 Å². The zero-order valence-corrected chi connectivity index (χ0v) is 13.0. The molecule has 0 spiro atoms. The van der Waals surface area contributed by atoms with Gasteiger partial charge in [-0.2, -0.15) is 0 Å². The molecule has 2 fully saturated rings. The Balaban J connectivity index is 1.99. The second-order valence-electron chi connectivity index (χ2n) is 6.72. The van der Waals surface area contributed by atoms with Crippen LogP contribution in [0, 0.1) is 0 Å². The second-order valence-corrected chi connectivity index (χ2v) is 6.72. The lowest BCUT2D eigenvalue weighted by Gasteiger charge is -2.43. The molecule has 0 aromatic rings. The van der Waals surface area contributed by atoms with Crippen LogP contribution in [-0.4, -0.2) is 55.0 Å². The Morgan fingerprint density at radius 3 is 2.30 bits per heavy atom. The molecule has 1 N–H and O–H groups in total. The molecule has 0 radical (unpaired) electrons. The zero-order valence-electron chi connectivity index (χ0n) is 13.0. The number of piperidine rings is 1. The molecule has 0 saturated carbocycles. The first-order valence-corrected chi connectivity index (χ1v) is 7.77. The van der Waals surface area contributed by atoms with E-state index >= 15 is 0 Å². The van der Waals surface area contributed by atoms with E-state index in [1.807, 2.05) is 4.90 Å². The van der Waals surface area contributed by atoms with E-state index in [1.165, 1.54) is 0 Å². The van der Waals surface area contributed by atoms with Gasteiger partial charge in [0.25, 0.3) is 0 Å². The number of amides is 1. The van der Waals surface area contributed by atoms with E-state index in [0.717, 1.165) is 38.8 Å². The summed E-state index contributed by atoms with van der Waals surface area (Å²) >= 11 is 0. The summed E-state index contributed by atoms with van der Waals surface area (Å²) < 4.78 is 11.0. The van der Waals surface area contributed by atoms with Crippen molar-refractivity contribution in [2.24, 2.45) is 0 Å². The summed E-state index contributed by atoms with van der Waals surface area (Å²) in [5, 5.41) is 3.35.